The minimum Gasteiger partial charge on any atom is -0.492 e. The van der Waals surface area contributed by atoms with E-state index in [-0.39, 0.29) is 13.2 Å². The topological polar surface area (TPSA) is 75.6 Å². The molecule has 5 nitrogen and oxygen atoms in total. The summed E-state index contributed by atoms with van der Waals surface area (Å²) in [4.78, 5) is 20.7. The zero-order valence-corrected chi connectivity index (χ0v) is 8.27. The molecule has 0 aliphatic carbocycles. The van der Waals surface area contributed by atoms with E-state index in [9.17, 15) is 14.0 Å². The lowest BCUT2D eigenvalue weighted by Crippen LogP contribution is -2.33. The molecular weight excluding hydrogens is 217 g/mol. The largest absolute Gasteiger partial charge is 0.492 e. The summed E-state index contributed by atoms with van der Waals surface area (Å²) in [6.07, 6.45) is 0. The molecule has 1 rings (SSSR count). The van der Waals surface area contributed by atoms with Crippen molar-refractivity contribution < 1.29 is 23.8 Å². The summed E-state index contributed by atoms with van der Waals surface area (Å²) in [6.45, 7) is 0.115. The van der Waals surface area contributed by atoms with E-state index in [0.717, 1.165) is 0 Å². The van der Waals surface area contributed by atoms with E-state index in [0.29, 0.717) is 5.75 Å². The van der Waals surface area contributed by atoms with Crippen LogP contribution in [0.2, 0.25) is 0 Å². The molecule has 0 radical (unpaired) electrons. The Hall–Kier alpha value is -2.11. The second-order valence-electron chi connectivity index (χ2n) is 2.87. The van der Waals surface area contributed by atoms with Gasteiger partial charge in [0.05, 0.1) is 6.54 Å². The summed E-state index contributed by atoms with van der Waals surface area (Å²) in [5.74, 6) is -2.75. The molecule has 1 amide bonds. The van der Waals surface area contributed by atoms with Crippen LogP contribution in [0.15, 0.2) is 24.3 Å². The third kappa shape index (κ3) is 3.95. The maximum Gasteiger partial charge on any atom is 0.394 e. The van der Waals surface area contributed by atoms with Crippen LogP contribution in [0.25, 0.3) is 0 Å². The summed E-state index contributed by atoms with van der Waals surface area (Å²) in [5, 5.41) is 10.3. The number of rotatable bonds is 4. The van der Waals surface area contributed by atoms with Crippen molar-refractivity contribution >= 4 is 11.9 Å². The van der Waals surface area contributed by atoms with Gasteiger partial charge >= 0.3 is 11.9 Å². The Morgan fingerprint density at radius 1 is 1.44 bits per heavy atom. The van der Waals surface area contributed by atoms with E-state index in [1.165, 1.54) is 18.2 Å². The van der Waals surface area contributed by atoms with Gasteiger partial charge in [0.2, 0.25) is 0 Å². The van der Waals surface area contributed by atoms with Crippen molar-refractivity contribution in [2.24, 2.45) is 0 Å². The highest BCUT2D eigenvalue weighted by Crippen LogP contribution is 2.11. The Labute approximate surface area is 90.8 Å². The second kappa shape index (κ2) is 5.69. The molecule has 0 unspecified atom stereocenters. The maximum absolute atomic E-state index is 12.7. The fraction of sp³-hybridized carbons (Fsp3) is 0.200. The first-order valence-electron chi connectivity index (χ1n) is 4.49. The average Bonchev–Trinajstić information content (AvgIpc) is 2.24. The molecule has 0 aliphatic heterocycles. The zero-order chi connectivity index (χ0) is 12.0. The smallest absolute Gasteiger partial charge is 0.394 e. The number of aliphatic carboxylic acids is 1. The zero-order valence-electron chi connectivity index (χ0n) is 8.27. The number of nitrogens with one attached hydrogen (secondary N) is 1. The van der Waals surface area contributed by atoms with E-state index >= 15 is 0 Å². The van der Waals surface area contributed by atoms with E-state index in [2.05, 4.69) is 5.32 Å². The molecule has 0 aromatic heterocycles. The number of amides is 1. The van der Waals surface area contributed by atoms with Crippen molar-refractivity contribution in [2.75, 3.05) is 13.2 Å². The van der Waals surface area contributed by atoms with Gasteiger partial charge in [0.15, 0.2) is 0 Å². The van der Waals surface area contributed by atoms with E-state index < -0.39 is 17.7 Å². The van der Waals surface area contributed by atoms with Gasteiger partial charge < -0.3 is 15.2 Å². The summed E-state index contributed by atoms with van der Waals surface area (Å²) in [7, 11) is 0. The molecule has 0 saturated carbocycles. The Morgan fingerprint density at radius 2 is 2.19 bits per heavy atom. The van der Waals surface area contributed by atoms with Gasteiger partial charge in [-0.15, -0.1) is 0 Å². The summed E-state index contributed by atoms with van der Waals surface area (Å²) >= 11 is 0. The van der Waals surface area contributed by atoms with Gasteiger partial charge in [-0.05, 0) is 12.1 Å². The van der Waals surface area contributed by atoms with Crippen LogP contribution in [0, 0.1) is 5.82 Å². The van der Waals surface area contributed by atoms with Crippen LogP contribution in [0.4, 0.5) is 4.39 Å². The minimum atomic E-state index is -1.55. The highest BCUT2D eigenvalue weighted by molar-refractivity contribution is 6.31. The number of carboxylic acids is 1. The van der Waals surface area contributed by atoms with Crippen LogP contribution in [-0.2, 0) is 9.59 Å². The summed E-state index contributed by atoms with van der Waals surface area (Å²) < 4.78 is 17.8. The molecule has 0 atom stereocenters. The fourth-order valence-corrected chi connectivity index (χ4v) is 0.966. The molecule has 2 N–H and O–H groups in total. The predicted octanol–water partition coefficient (Wildman–Crippen LogP) is 0.405. The minimum absolute atomic E-state index is 0.0433. The predicted molar refractivity (Wildman–Crippen MR) is 52.5 cm³/mol. The van der Waals surface area contributed by atoms with Crippen molar-refractivity contribution in [2.45, 2.75) is 0 Å². The Morgan fingerprint density at radius 3 is 2.81 bits per heavy atom. The van der Waals surface area contributed by atoms with E-state index in [4.69, 9.17) is 9.84 Å². The first kappa shape index (κ1) is 12.0. The van der Waals surface area contributed by atoms with Gasteiger partial charge in [-0.3, -0.25) is 4.79 Å². The number of hydrogen-bond acceptors (Lipinski definition) is 3. The Kier molecular flexibility index (Phi) is 4.26. The molecule has 0 aliphatic rings. The number of halogens is 1. The molecule has 6 heteroatoms. The maximum atomic E-state index is 12.7. The van der Waals surface area contributed by atoms with Crippen LogP contribution in [-0.4, -0.2) is 30.1 Å². The third-order valence-corrected chi connectivity index (χ3v) is 1.65. The van der Waals surface area contributed by atoms with Gasteiger partial charge in [-0.25, -0.2) is 9.18 Å². The Bertz CT molecular complexity index is 394. The number of hydrogen-bond donors (Lipinski definition) is 2. The number of ether oxygens (including phenoxy) is 1. The lowest BCUT2D eigenvalue weighted by atomic mass is 10.3. The van der Waals surface area contributed by atoms with Gasteiger partial charge in [0.1, 0.15) is 18.2 Å². The summed E-state index contributed by atoms with van der Waals surface area (Å²) in [6, 6.07) is 5.51. The number of benzene rings is 1. The normalized spacial score (nSPS) is 9.56. The number of carbonyl (C=O) groups is 2. The van der Waals surface area contributed by atoms with Gasteiger partial charge in [-0.2, -0.15) is 0 Å². The Balaban J connectivity index is 2.26. The lowest BCUT2D eigenvalue weighted by molar-refractivity contribution is -0.150. The SMILES string of the molecule is O=C(O)C(=O)NCCOc1cccc(F)c1. The average molecular weight is 227 g/mol. The third-order valence-electron chi connectivity index (χ3n) is 1.65. The van der Waals surface area contributed by atoms with Crippen LogP contribution >= 0.6 is 0 Å². The van der Waals surface area contributed by atoms with Gasteiger partial charge in [0.25, 0.3) is 0 Å². The first-order valence-corrected chi connectivity index (χ1v) is 4.49. The lowest BCUT2D eigenvalue weighted by Gasteiger charge is -2.06. The summed E-state index contributed by atoms with van der Waals surface area (Å²) in [5.41, 5.74) is 0. The monoisotopic (exact) mass is 227 g/mol. The molecule has 0 bridgehead atoms. The van der Waals surface area contributed by atoms with Crippen molar-refractivity contribution in [1.29, 1.82) is 0 Å². The molecular formula is C10H10FNO4. The van der Waals surface area contributed by atoms with Gasteiger partial charge in [-0.1, -0.05) is 6.07 Å². The molecule has 0 spiro atoms. The van der Waals surface area contributed by atoms with Crippen LogP contribution in [0.3, 0.4) is 0 Å². The standard InChI is InChI=1S/C10H10FNO4/c11-7-2-1-3-8(6-7)16-5-4-12-9(13)10(14)15/h1-3,6H,4-5H2,(H,12,13)(H,14,15). The molecule has 1 aromatic carbocycles. The molecule has 0 saturated heterocycles. The van der Waals surface area contributed by atoms with Crippen LogP contribution in [0.1, 0.15) is 0 Å². The number of carboxylic acid groups (broad SMARTS) is 1. The highest BCUT2D eigenvalue weighted by atomic mass is 19.1. The van der Waals surface area contributed by atoms with E-state index in [1.807, 2.05) is 0 Å². The molecule has 1 aromatic rings. The molecule has 86 valence electrons. The van der Waals surface area contributed by atoms with Crippen molar-refractivity contribution in [3.8, 4) is 5.75 Å². The number of carbonyl (C=O) groups excluding carboxylic acids is 1. The van der Waals surface area contributed by atoms with Crippen molar-refractivity contribution in [3.63, 3.8) is 0 Å². The molecule has 0 heterocycles. The second-order valence-corrected chi connectivity index (χ2v) is 2.87. The van der Waals surface area contributed by atoms with Crippen molar-refractivity contribution in [3.05, 3.63) is 30.1 Å². The first-order chi connectivity index (χ1) is 7.59. The highest BCUT2D eigenvalue weighted by Gasteiger charge is 2.08. The van der Waals surface area contributed by atoms with Gasteiger partial charge in [0, 0.05) is 6.07 Å². The quantitative estimate of drug-likeness (QED) is 0.577. The van der Waals surface area contributed by atoms with Crippen LogP contribution in [0.5, 0.6) is 5.75 Å². The van der Waals surface area contributed by atoms with Crippen molar-refractivity contribution in [1.82, 2.24) is 5.32 Å². The van der Waals surface area contributed by atoms with E-state index in [1.54, 1.807) is 6.07 Å². The van der Waals surface area contributed by atoms with Crippen LogP contribution < -0.4 is 10.1 Å². The molecule has 16 heavy (non-hydrogen) atoms. The molecule has 0 fully saturated rings. The fourth-order valence-electron chi connectivity index (χ4n) is 0.966.